The topological polar surface area (TPSA) is 87.6 Å². The van der Waals surface area contributed by atoms with Gasteiger partial charge < -0.3 is 20.1 Å². The van der Waals surface area contributed by atoms with Crippen LogP contribution in [-0.2, 0) is 21.1 Å². The fourth-order valence-corrected chi connectivity index (χ4v) is 5.13. The van der Waals surface area contributed by atoms with Gasteiger partial charge in [-0.05, 0) is 71.7 Å². The highest BCUT2D eigenvalue weighted by atomic mass is 19.3. The van der Waals surface area contributed by atoms with Gasteiger partial charge in [0.15, 0.2) is 11.4 Å². The molecule has 2 aromatic carbocycles. The van der Waals surface area contributed by atoms with Crippen LogP contribution in [0.2, 0.25) is 0 Å². The van der Waals surface area contributed by atoms with Crippen molar-refractivity contribution in [3.63, 3.8) is 0 Å². The first-order chi connectivity index (χ1) is 17.1. The highest BCUT2D eigenvalue weighted by Gasteiger charge is 2.49. The van der Waals surface area contributed by atoms with Crippen LogP contribution >= 0.6 is 0 Å². The summed E-state index contributed by atoms with van der Waals surface area (Å²) in [5, 5.41) is 23.7. The van der Waals surface area contributed by atoms with E-state index in [1.165, 1.54) is 6.07 Å². The number of ether oxygens (including phenoxy) is 1. The number of hydrogen-bond donors (Lipinski definition) is 2. The van der Waals surface area contributed by atoms with E-state index >= 15 is 8.78 Å². The second-order valence-electron chi connectivity index (χ2n) is 10.4. The molecule has 0 saturated carbocycles. The van der Waals surface area contributed by atoms with E-state index in [0.29, 0.717) is 29.2 Å². The third-order valence-electron chi connectivity index (χ3n) is 7.40. The molecule has 1 aliphatic rings. The molecule has 0 radical (unpaired) electrons. The molecule has 0 fully saturated rings. The smallest absolute Gasteiger partial charge is 0.300 e. The molecule has 0 aliphatic carbocycles. The van der Waals surface area contributed by atoms with E-state index in [4.69, 9.17) is 4.74 Å². The van der Waals surface area contributed by atoms with Crippen molar-refractivity contribution in [1.82, 2.24) is 10.2 Å². The van der Waals surface area contributed by atoms with Crippen LogP contribution in [0.15, 0.2) is 30.3 Å². The molecule has 1 unspecified atom stereocenters. The van der Waals surface area contributed by atoms with Crippen LogP contribution in [0, 0.1) is 13.8 Å². The molecule has 1 aromatic heterocycles. The summed E-state index contributed by atoms with van der Waals surface area (Å²) >= 11 is 0. The number of amides is 1. The van der Waals surface area contributed by atoms with E-state index in [2.05, 4.69) is 15.5 Å². The fourth-order valence-electron chi connectivity index (χ4n) is 5.13. The number of nitrogens with zero attached hydrogens (tertiary/aromatic N) is 3. The Labute approximate surface area is 215 Å². The third kappa shape index (κ3) is 4.14. The number of anilines is 2. The van der Waals surface area contributed by atoms with Gasteiger partial charge in [-0.2, -0.15) is 13.9 Å². The van der Waals surface area contributed by atoms with Crippen molar-refractivity contribution in [3.05, 3.63) is 58.3 Å². The van der Waals surface area contributed by atoms with Crippen LogP contribution in [0.25, 0.3) is 10.8 Å². The quantitative estimate of drug-likeness (QED) is 0.434. The first-order valence-corrected chi connectivity index (χ1v) is 12.4. The number of aryl methyl sites for hydroxylation is 1. The van der Waals surface area contributed by atoms with Crippen molar-refractivity contribution in [2.45, 2.75) is 71.6 Å². The van der Waals surface area contributed by atoms with Crippen molar-refractivity contribution >= 4 is 28.2 Å². The predicted molar refractivity (Wildman–Crippen MR) is 140 cm³/mol. The van der Waals surface area contributed by atoms with Gasteiger partial charge in [0.05, 0.1) is 17.4 Å². The standard InChI is InChI=1S/C28H34F2N4O3/c1-9-37-27(7)22-13-19-17(4)32-33-24(20(19)14-23(22)34(8)25(27)35)31-16(3)18-11-10-12-21(15(18)2)28(29,30)26(5,6)36/h10-14,16,36H,9H2,1-8H3,(H,31,33)/t16-,27?/m1/s1. The maximum Gasteiger partial charge on any atom is 0.300 e. The minimum absolute atomic E-state index is 0.152. The molecule has 1 amide bonds. The first kappa shape index (κ1) is 26.9. The lowest BCUT2D eigenvalue weighted by Gasteiger charge is -2.31. The Hall–Kier alpha value is -3.17. The Balaban J connectivity index is 1.79. The summed E-state index contributed by atoms with van der Waals surface area (Å²) in [7, 11) is 1.71. The van der Waals surface area contributed by atoms with Gasteiger partial charge in [-0.15, -0.1) is 5.10 Å². The molecule has 9 heteroatoms. The second-order valence-corrected chi connectivity index (χ2v) is 10.4. The van der Waals surface area contributed by atoms with Crippen LogP contribution in [0.5, 0.6) is 0 Å². The summed E-state index contributed by atoms with van der Waals surface area (Å²) in [6.45, 7) is 11.6. The molecule has 198 valence electrons. The number of aliphatic hydroxyl groups is 1. The van der Waals surface area contributed by atoms with Gasteiger partial charge in [-0.25, -0.2) is 0 Å². The predicted octanol–water partition coefficient (Wildman–Crippen LogP) is 5.51. The molecule has 0 spiro atoms. The first-order valence-electron chi connectivity index (χ1n) is 12.4. The zero-order valence-electron chi connectivity index (χ0n) is 22.5. The van der Waals surface area contributed by atoms with Crippen molar-refractivity contribution in [2.24, 2.45) is 0 Å². The highest BCUT2D eigenvalue weighted by molar-refractivity contribution is 6.10. The molecule has 2 heterocycles. The number of benzene rings is 2. The number of aromatic nitrogens is 2. The lowest BCUT2D eigenvalue weighted by atomic mass is 9.87. The Morgan fingerprint density at radius 2 is 1.86 bits per heavy atom. The van der Waals surface area contributed by atoms with Crippen LogP contribution in [0.4, 0.5) is 20.3 Å². The summed E-state index contributed by atoms with van der Waals surface area (Å²) in [4.78, 5) is 14.7. The van der Waals surface area contributed by atoms with E-state index in [1.807, 2.05) is 32.9 Å². The molecule has 0 saturated heterocycles. The monoisotopic (exact) mass is 512 g/mol. The Kier molecular flexibility index (Phi) is 6.53. The average Bonchev–Trinajstić information content (AvgIpc) is 3.00. The number of carbonyl (C=O) groups excluding carboxylic acids is 1. The van der Waals surface area contributed by atoms with Crippen molar-refractivity contribution < 1.29 is 23.4 Å². The number of rotatable bonds is 7. The van der Waals surface area contributed by atoms with Gasteiger partial charge in [-0.1, -0.05) is 18.2 Å². The van der Waals surface area contributed by atoms with Crippen molar-refractivity contribution in [3.8, 4) is 0 Å². The van der Waals surface area contributed by atoms with Gasteiger partial charge in [0.2, 0.25) is 0 Å². The maximum absolute atomic E-state index is 15.0. The van der Waals surface area contributed by atoms with Gasteiger partial charge in [0.1, 0.15) is 5.60 Å². The normalized spacial score (nSPS) is 18.9. The van der Waals surface area contributed by atoms with E-state index in [-0.39, 0.29) is 11.5 Å². The van der Waals surface area contributed by atoms with Crippen molar-refractivity contribution in [2.75, 3.05) is 23.9 Å². The summed E-state index contributed by atoms with van der Waals surface area (Å²) in [5.74, 6) is -3.12. The zero-order valence-corrected chi connectivity index (χ0v) is 22.5. The third-order valence-corrected chi connectivity index (χ3v) is 7.40. The summed E-state index contributed by atoms with van der Waals surface area (Å²) in [6.07, 6.45) is 0. The molecule has 4 rings (SSSR count). The maximum atomic E-state index is 15.0. The SMILES string of the molecule is CCOC1(C)C(=O)N(C)c2cc3c(N[C@H](C)c4cccc(C(F)(F)C(C)(C)O)c4C)nnc(C)c3cc21. The molecule has 37 heavy (non-hydrogen) atoms. The number of halogens is 2. The van der Waals surface area contributed by atoms with Gasteiger partial charge in [0, 0.05) is 35.6 Å². The summed E-state index contributed by atoms with van der Waals surface area (Å²) in [6, 6.07) is 8.11. The molecule has 7 nitrogen and oxygen atoms in total. The van der Waals surface area contributed by atoms with E-state index < -0.39 is 23.2 Å². The molecular formula is C28H34F2N4O3. The molecule has 0 bridgehead atoms. The van der Waals surface area contributed by atoms with Crippen LogP contribution in [0.3, 0.4) is 0 Å². The Morgan fingerprint density at radius 1 is 1.19 bits per heavy atom. The minimum Gasteiger partial charge on any atom is -0.384 e. The fraction of sp³-hybridized carbons (Fsp3) is 0.464. The molecule has 2 N–H and O–H groups in total. The summed E-state index contributed by atoms with van der Waals surface area (Å²) in [5.41, 5.74) is -0.314. The number of likely N-dealkylation sites (N-methyl/N-ethyl adjacent to an activating group) is 1. The number of fused-ring (bicyclic) bond motifs is 2. The van der Waals surface area contributed by atoms with Crippen LogP contribution < -0.4 is 10.2 Å². The zero-order chi connectivity index (χ0) is 27.5. The largest absolute Gasteiger partial charge is 0.384 e. The second kappa shape index (κ2) is 8.99. The summed E-state index contributed by atoms with van der Waals surface area (Å²) < 4.78 is 35.9. The average molecular weight is 513 g/mol. The minimum atomic E-state index is -3.44. The van der Waals surface area contributed by atoms with E-state index in [9.17, 15) is 9.90 Å². The molecule has 2 atom stereocenters. The lowest BCUT2D eigenvalue weighted by Crippen LogP contribution is -2.40. The Morgan fingerprint density at radius 3 is 2.49 bits per heavy atom. The van der Waals surface area contributed by atoms with Crippen LogP contribution in [-0.4, -0.2) is 40.5 Å². The van der Waals surface area contributed by atoms with Crippen molar-refractivity contribution in [1.29, 1.82) is 0 Å². The number of nitrogens with one attached hydrogen (secondary N) is 1. The highest BCUT2D eigenvalue weighted by Crippen LogP contribution is 2.46. The Bertz CT molecular complexity index is 1390. The van der Waals surface area contributed by atoms with Gasteiger partial charge in [-0.3, -0.25) is 4.79 Å². The molecule has 3 aromatic rings. The lowest BCUT2D eigenvalue weighted by molar-refractivity contribution is -0.168. The van der Waals surface area contributed by atoms with Gasteiger partial charge >= 0.3 is 5.92 Å². The molecule has 1 aliphatic heterocycles. The molecular weight excluding hydrogens is 478 g/mol. The van der Waals surface area contributed by atoms with E-state index in [1.54, 1.807) is 37.9 Å². The number of hydrogen-bond acceptors (Lipinski definition) is 6. The number of carbonyl (C=O) groups is 1. The van der Waals surface area contributed by atoms with Crippen LogP contribution in [0.1, 0.15) is 68.6 Å². The van der Waals surface area contributed by atoms with E-state index in [0.717, 1.165) is 35.9 Å². The van der Waals surface area contributed by atoms with Gasteiger partial charge in [0.25, 0.3) is 5.91 Å². The number of alkyl halides is 2.